The van der Waals surface area contributed by atoms with Gasteiger partial charge in [0.15, 0.2) is 5.82 Å². The van der Waals surface area contributed by atoms with Crippen LogP contribution in [0.1, 0.15) is 24.5 Å². The summed E-state index contributed by atoms with van der Waals surface area (Å²) in [4.78, 5) is 13.5. The van der Waals surface area contributed by atoms with E-state index >= 15 is 0 Å². The van der Waals surface area contributed by atoms with Gasteiger partial charge in [0.1, 0.15) is 12.4 Å². The normalized spacial score (nSPS) is 14.8. The number of rotatable bonds is 10. The quantitative estimate of drug-likeness (QED) is 0.475. The smallest absolute Gasteiger partial charge is 0.320 e. The number of morpholine rings is 1. The second-order valence-corrected chi connectivity index (χ2v) is 7.40. The maximum atomic E-state index is 5.88. The molecule has 0 radical (unpaired) electrons. The summed E-state index contributed by atoms with van der Waals surface area (Å²) in [5.74, 6) is 1.41. The molecule has 0 bridgehead atoms. The summed E-state index contributed by atoms with van der Waals surface area (Å²) < 4.78 is 11.3. The molecule has 1 aliphatic rings. The summed E-state index contributed by atoms with van der Waals surface area (Å²) in [5, 5.41) is 4.33. The van der Waals surface area contributed by atoms with Crippen molar-refractivity contribution in [2.75, 3.05) is 63.4 Å². The predicted octanol–water partition coefficient (Wildman–Crippen LogP) is 2.79. The number of aromatic nitrogens is 2. The Morgan fingerprint density at radius 2 is 2.10 bits per heavy atom. The lowest BCUT2D eigenvalue weighted by Gasteiger charge is -2.26. The maximum absolute atomic E-state index is 5.88. The molecule has 1 aromatic heterocycles. The molecule has 1 aromatic carbocycles. The van der Waals surface area contributed by atoms with Gasteiger partial charge in [0.05, 0.1) is 19.4 Å². The Balaban J connectivity index is 1.65. The number of nitrogens with one attached hydrogen (secondary N) is 1. The van der Waals surface area contributed by atoms with Gasteiger partial charge in [-0.25, -0.2) is 0 Å². The van der Waals surface area contributed by atoms with E-state index in [4.69, 9.17) is 9.47 Å². The first-order valence-electron chi connectivity index (χ1n) is 10.5. The highest BCUT2D eigenvalue weighted by atomic mass is 16.5. The second-order valence-electron chi connectivity index (χ2n) is 7.40. The number of benzene rings is 1. The van der Waals surface area contributed by atoms with E-state index in [1.54, 1.807) is 6.21 Å². The van der Waals surface area contributed by atoms with Gasteiger partial charge in [-0.05, 0) is 18.9 Å². The monoisotopic (exact) mass is 412 g/mol. The first-order valence-corrected chi connectivity index (χ1v) is 10.5. The van der Waals surface area contributed by atoms with E-state index in [0.29, 0.717) is 18.4 Å². The molecule has 2 aromatic rings. The van der Waals surface area contributed by atoms with Gasteiger partial charge in [-0.2, -0.15) is 15.1 Å². The third-order valence-corrected chi connectivity index (χ3v) is 4.82. The first kappa shape index (κ1) is 22.0. The van der Waals surface area contributed by atoms with Gasteiger partial charge in [0.25, 0.3) is 0 Å². The van der Waals surface area contributed by atoms with Gasteiger partial charge < -0.3 is 14.4 Å². The molecule has 2 heterocycles. The third kappa shape index (κ3) is 6.96. The van der Waals surface area contributed by atoms with Crippen LogP contribution in [0.4, 0.5) is 11.6 Å². The number of nitrogens with zero attached hydrogens (tertiary/aromatic N) is 5. The molecule has 162 valence electrons. The Morgan fingerprint density at radius 1 is 1.27 bits per heavy atom. The molecule has 0 aliphatic carbocycles. The van der Waals surface area contributed by atoms with Crippen molar-refractivity contribution in [3.05, 3.63) is 41.5 Å². The number of hydrazone groups is 1. The van der Waals surface area contributed by atoms with Crippen LogP contribution in [-0.4, -0.2) is 74.1 Å². The van der Waals surface area contributed by atoms with E-state index in [1.165, 1.54) is 5.56 Å². The highest BCUT2D eigenvalue weighted by Crippen LogP contribution is 2.19. The van der Waals surface area contributed by atoms with Crippen LogP contribution in [0.25, 0.3) is 0 Å². The lowest BCUT2D eigenvalue weighted by atomic mass is 10.2. The Labute approximate surface area is 178 Å². The van der Waals surface area contributed by atoms with Crippen molar-refractivity contribution in [3.8, 4) is 6.01 Å². The minimum absolute atomic E-state index is 0.358. The van der Waals surface area contributed by atoms with Crippen molar-refractivity contribution < 1.29 is 9.47 Å². The van der Waals surface area contributed by atoms with Crippen molar-refractivity contribution in [2.45, 2.75) is 20.3 Å². The summed E-state index contributed by atoms with van der Waals surface area (Å²) in [6.45, 7) is 9.89. The zero-order valence-corrected chi connectivity index (χ0v) is 18.2. The van der Waals surface area contributed by atoms with Crippen molar-refractivity contribution in [2.24, 2.45) is 5.10 Å². The molecule has 0 unspecified atom stereocenters. The van der Waals surface area contributed by atoms with Crippen LogP contribution in [0.15, 0.2) is 35.4 Å². The first-order chi connectivity index (χ1) is 14.6. The van der Waals surface area contributed by atoms with Gasteiger partial charge in [0.2, 0.25) is 0 Å². The molecule has 1 aliphatic heterocycles. The fourth-order valence-corrected chi connectivity index (χ4v) is 3.19. The Bertz CT molecular complexity index is 823. The predicted molar refractivity (Wildman–Crippen MR) is 121 cm³/mol. The van der Waals surface area contributed by atoms with E-state index in [1.807, 2.05) is 25.2 Å². The molecule has 1 N–H and O–H groups in total. The average molecular weight is 413 g/mol. The zero-order chi connectivity index (χ0) is 21.2. The van der Waals surface area contributed by atoms with E-state index in [-0.39, 0.29) is 0 Å². The van der Waals surface area contributed by atoms with E-state index in [2.05, 4.69) is 56.3 Å². The number of hydrogen-bond donors (Lipinski definition) is 1. The fraction of sp³-hybridized carbons (Fsp3) is 0.500. The van der Waals surface area contributed by atoms with Gasteiger partial charge in [0, 0.05) is 39.3 Å². The summed E-state index contributed by atoms with van der Waals surface area (Å²) in [6.07, 6.45) is 2.81. The van der Waals surface area contributed by atoms with E-state index < -0.39 is 0 Å². The van der Waals surface area contributed by atoms with Crippen LogP contribution in [0.2, 0.25) is 0 Å². The van der Waals surface area contributed by atoms with Gasteiger partial charge in [-0.1, -0.05) is 36.8 Å². The van der Waals surface area contributed by atoms with E-state index in [0.717, 1.165) is 57.2 Å². The number of ether oxygens (including phenoxy) is 2. The molecule has 0 atom stereocenters. The molecule has 0 saturated carbocycles. The zero-order valence-electron chi connectivity index (χ0n) is 18.2. The van der Waals surface area contributed by atoms with Crippen LogP contribution in [0.5, 0.6) is 6.01 Å². The number of anilines is 2. The maximum Gasteiger partial charge on any atom is 0.320 e. The van der Waals surface area contributed by atoms with Gasteiger partial charge in [-0.15, -0.1) is 0 Å². The lowest BCUT2D eigenvalue weighted by Crippen LogP contribution is -2.38. The lowest BCUT2D eigenvalue weighted by molar-refractivity contribution is 0.0317. The highest BCUT2D eigenvalue weighted by Gasteiger charge is 2.12. The fourth-order valence-electron chi connectivity index (χ4n) is 3.19. The largest absolute Gasteiger partial charge is 0.462 e. The average Bonchev–Trinajstić information content (AvgIpc) is 2.75. The Kier molecular flexibility index (Phi) is 8.41. The standard InChI is InChI=1S/C22H32N6O2/c1-4-8-27(3)21-16-20(26-23-17-19-7-5-6-18(2)15-19)24-22(25-21)30-14-11-28-9-12-29-13-10-28/h5-7,15-17H,4,8-14H2,1-3H3,(H,24,25,26)/b23-17+. The third-order valence-electron chi connectivity index (χ3n) is 4.82. The molecule has 0 spiro atoms. The molecular weight excluding hydrogens is 380 g/mol. The molecule has 8 nitrogen and oxygen atoms in total. The topological polar surface area (TPSA) is 75.1 Å². The second kappa shape index (κ2) is 11.5. The molecule has 0 amide bonds. The Morgan fingerprint density at radius 3 is 2.87 bits per heavy atom. The summed E-state index contributed by atoms with van der Waals surface area (Å²) in [5.41, 5.74) is 5.24. The van der Waals surface area contributed by atoms with Crippen LogP contribution < -0.4 is 15.1 Å². The molecule has 8 heteroatoms. The van der Waals surface area contributed by atoms with Crippen molar-refractivity contribution in [3.63, 3.8) is 0 Å². The van der Waals surface area contributed by atoms with E-state index in [9.17, 15) is 0 Å². The van der Waals surface area contributed by atoms with Crippen molar-refractivity contribution in [1.82, 2.24) is 14.9 Å². The van der Waals surface area contributed by atoms with Crippen molar-refractivity contribution in [1.29, 1.82) is 0 Å². The summed E-state index contributed by atoms with van der Waals surface area (Å²) >= 11 is 0. The minimum Gasteiger partial charge on any atom is -0.462 e. The van der Waals surface area contributed by atoms with Crippen molar-refractivity contribution >= 4 is 17.9 Å². The molecule has 1 fully saturated rings. The van der Waals surface area contributed by atoms with Crippen LogP contribution in [-0.2, 0) is 4.74 Å². The van der Waals surface area contributed by atoms with Gasteiger partial charge >= 0.3 is 6.01 Å². The van der Waals surface area contributed by atoms with Gasteiger partial charge in [-0.3, -0.25) is 10.3 Å². The highest BCUT2D eigenvalue weighted by molar-refractivity contribution is 5.80. The summed E-state index contributed by atoms with van der Waals surface area (Å²) in [6, 6.07) is 10.4. The van der Waals surface area contributed by atoms with Crippen LogP contribution >= 0.6 is 0 Å². The van der Waals surface area contributed by atoms with Crippen LogP contribution in [0.3, 0.4) is 0 Å². The molecule has 1 saturated heterocycles. The SMILES string of the molecule is CCCN(C)c1cc(N/N=C/c2cccc(C)c2)nc(OCCN2CCOCC2)n1. The summed E-state index contributed by atoms with van der Waals surface area (Å²) in [7, 11) is 2.02. The Hall–Kier alpha value is -2.71. The minimum atomic E-state index is 0.358. The number of aryl methyl sites for hydroxylation is 1. The molecule has 30 heavy (non-hydrogen) atoms. The van der Waals surface area contributed by atoms with Crippen LogP contribution in [0, 0.1) is 6.92 Å². The molecule has 3 rings (SSSR count). The number of hydrogen-bond acceptors (Lipinski definition) is 8. The molecular formula is C22H32N6O2.